The zero-order chi connectivity index (χ0) is 14.5. The molecule has 0 aliphatic rings. The maximum atomic E-state index is 12.2. The van der Waals surface area contributed by atoms with Crippen LogP contribution in [0.15, 0.2) is 23.0 Å². The topological polar surface area (TPSA) is 59.8 Å². The smallest absolute Gasteiger partial charge is 0.319 e. The maximum absolute atomic E-state index is 12.2. The number of furan rings is 1. The van der Waals surface area contributed by atoms with E-state index >= 15 is 0 Å². The van der Waals surface area contributed by atoms with Crippen LogP contribution < -0.4 is 0 Å². The van der Waals surface area contributed by atoms with Gasteiger partial charge in [0, 0.05) is 12.1 Å². The lowest BCUT2D eigenvalue weighted by Crippen LogP contribution is -2.41. The van der Waals surface area contributed by atoms with Gasteiger partial charge in [0.05, 0.1) is 25.7 Å². The van der Waals surface area contributed by atoms with E-state index in [-0.39, 0.29) is 18.9 Å². The number of carbonyl (C=O) groups excluding carboxylic acids is 2. The molecule has 5 nitrogen and oxygen atoms in total. The van der Waals surface area contributed by atoms with Crippen LogP contribution in [0.5, 0.6) is 0 Å². The molecule has 1 aromatic heterocycles. The van der Waals surface area contributed by atoms with E-state index in [0.717, 1.165) is 5.56 Å². The van der Waals surface area contributed by atoms with Gasteiger partial charge in [-0.2, -0.15) is 0 Å². The summed E-state index contributed by atoms with van der Waals surface area (Å²) in [5.74, 6) is -0.631. The lowest BCUT2D eigenvalue weighted by molar-refractivity contribution is -0.158. The Morgan fingerprint density at radius 3 is 2.63 bits per heavy atom. The molecule has 106 valence electrons. The highest BCUT2D eigenvalue weighted by molar-refractivity contribution is 6.03. The molecule has 0 atom stereocenters. The van der Waals surface area contributed by atoms with E-state index in [9.17, 15) is 9.59 Å². The molecule has 0 fully saturated rings. The van der Waals surface area contributed by atoms with Crippen LogP contribution in [-0.4, -0.2) is 36.9 Å². The molecular weight excluding hydrogens is 246 g/mol. The first kappa shape index (κ1) is 15.4. The molecule has 0 amide bonds. The number of Topliss-reactive ketones (excluding diaryl/α,β-unsaturated/α-hetero) is 1. The first-order chi connectivity index (χ1) is 8.87. The quantitative estimate of drug-likeness (QED) is 0.557. The Morgan fingerprint density at radius 1 is 1.42 bits per heavy atom. The van der Waals surface area contributed by atoms with Crippen LogP contribution in [0.25, 0.3) is 0 Å². The standard InChI is InChI=1S/C14H21NO4/c1-5-19-13(17)14(2,3)12(16)9-15(4)8-11-6-7-18-10-11/h6-7,10H,5,8-9H2,1-4H3. The predicted octanol–water partition coefficient (Wildman–Crippen LogP) is 1.87. The van der Waals surface area contributed by atoms with E-state index in [4.69, 9.17) is 9.15 Å². The number of esters is 1. The molecule has 0 aliphatic carbocycles. The van der Waals surface area contributed by atoms with Gasteiger partial charge in [0.15, 0.2) is 5.78 Å². The molecule has 1 heterocycles. The van der Waals surface area contributed by atoms with Gasteiger partial charge in [-0.15, -0.1) is 0 Å². The van der Waals surface area contributed by atoms with Crippen LogP contribution in [0.3, 0.4) is 0 Å². The fraction of sp³-hybridized carbons (Fsp3) is 0.571. The molecule has 0 saturated carbocycles. The van der Waals surface area contributed by atoms with Crippen molar-refractivity contribution in [3.63, 3.8) is 0 Å². The number of hydrogen-bond donors (Lipinski definition) is 0. The third-order valence-electron chi connectivity index (χ3n) is 2.93. The highest BCUT2D eigenvalue weighted by atomic mass is 16.5. The van der Waals surface area contributed by atoms with Gasteiger partial charge in [-0.05, 0) is 33.9 Å². The number of rotatable bonds is 7. The summed E-state index contributed by atoms with van der Waals surface area (Å²) in [5.41, 5.74) is -0.120. The molecule has 1 aromatic rings. The van der Waals surface area contributed by atoms with Crippen LogP contribution in [0.2, 0.25) is 0 Å². The van der Waals surface area contributed by atoms with Crippen molar-refractivity contribution in [3.05, 3.63) is 24.2 Å². The van der Waals surface area contributed by atoms with Gasteiger partial charge in [-0.3, -0.25) is 14.5 Å². The molecule has 0 aliphatic heterocycles. The molecule has 0 N–H and O–H groups in total. The molecule has 0 unspecified atom stereocenters. The molecular formula is C14H21NO4. The third kappa shape index (κ3) is 4.21. The van der Waals surface area contributed by atoms with Crippen molar-refractivity contribution in [3.8, 4) is 0 Å². The van der Waals surface area contributed by atoms with Gasteiger partial charge in [0.1, 0.15) is 5.41 Å². The highest BCUT2D eigenvalue weighted by Crippen LogP contribution is 2.19. The van der Waals surface area contributed by atoms with Crippen LogP contribution >= 0.6 is 0 Å². The van der Waals surface area contributed by atoms with E-state index < -0.39 is 11.4 Å². The third-order valence-corrected chi connectivity index (χ3v) is 2.93. The number of carbonyl (C=O) groups is 2. The van der Waals surface area contributed by atoms with E-state index in [1.54, 1.807) is 33.3 Å². The van der Waals surface area contributed by atoms with Gasteiger partial charge in [0.25, 0.3) is 0 Å². The SMILES string of the molecule is CCOC(=O)C(C)(C)C(=O)CN(C)Cc1ccoc1. The number of likely N-dealkylation sites (N-methyl/N-ethyl adjacent to an activating group) is 1. The second-order valence-electron chi connectivity index (χ2n) is 5.07. The van der Waals surface area contributed by atoms with Crippen molar-refractivity contribution in [1.82, 2.24) is 4.90 Å². The van der Waals surface area contributed by atoms with Crippen molar-refractivity contribution >= 4 is 11.8 Å². The van der Waals surface area contributed by atoms with Gasteiger partial charge < -0.3 is 9.15 Å². The summed E-state index contributed by atoms with van der Waals surface area (Å²) in [6.07, 6.45) is 3.23. The maximum Gasteiger partial charge on any atom is 0.319 e. The summed E-state index contributed by atoms with van der Waals surface area (Å²) in [7, 11) is 1.83. The number of ether oxygens (including phenoxy) is 1. The lowest BCUT2D eigenvalue weighted by atomic mass is 9.88. The van der Waals surface area contributed by atoms with Gasteiger partial charge in [0.2, 0.25) is 0 Å². The van der Waals surface area contributed by atoms with E-state index in [0.29, 0.717) is 6.54 Å². The fourth-order valence-electron chi connectivity index (χ4n) is 1.62. The van der Waals surface area contributed by atoms with Crippen LogP contribution in [0.4, 0.5) is 0 Å². The Labute approximate surface area is 113 Å². The minimum atomic E-state index is -1.11. The zero-order valence-corrected chi connectivity index (χ0v) is 11.9. The molecule has 0 aromatic carbocycles. The van der Waals surface area contributed by atoms with Crippen LogP contribution in [-0.2, 0) is 20.9 Å². The first-order valence-corrected chi connectivity index (χ1v) is 6.28. The molecule has 0 saturated heterocycles. The van der Waals surface area contributed by atoms with E-state index in [1.807, 2.05) is 18.0 Å². The summed E-state index contributed by atoms with van der Waals surface area (Å²) < 4.78 is 9.89. The number of nitrogens with zero attached hydrogens (tertiary/aromatic N) is 1. The van der Waals surface area contributed by atoms with Crippen LogP contribution in [0.1, 0.15) is 26.3 Å². The van der Waals surface area contributed by atoms with Crippen molar-refractivity contribution in [2.24, 2.45) is 5.41 Å². The largest absolute Gasteiger partial charge is 0.472 e. The monoisotopic (exact) mass is 267 g/mol. The Balaban J connectivity index is 2.55. The summed E-state index contributed by atoms with van der Waals surface area (Å²) in [5, 5.41) is 0. The van der Waals surface area contributed by atoms with E-state index in [2.05, 4.69) is 0 Å². The van der Waals surface area contributed by atoms with Gasteiger partial charge in [-0.1, -0.05) is 0 Å². The van der Waals surface area contributed by atoms with Crippen molar-refractivity contribution in [2.45, 2.75) is 27.3 Å². The minimum absolute atomic E-state index is 0.156. The second kappa shape index (κ2) is 6.52. The van der Waals surface area contributed by atoms with Gasteiger partial charge in [-0.25, -0.2) is 0 Å². The molecule has 0 radical (unpaired) electrons. The van der Waals surface area contributed by atoms with Crippen molar-refractivity contribution in [1.29, 1.82) is 0 Å². The minimum Gasteiger partial charge on any atom is -0.472 e. The average molecular weight is 267 g/mol. The highest BCUT2D eigenvalue weighted by Gasteiger charge is 2.37. The molecule has 5 heteroatoms. The van der Waals surface area contributed by atoms with Crippen molar-refractivity contribution < 1.29 is 18.7 Å². The zero-order valence-electron chi connectivity index (χ0n) is 11.9. The van der Waals surface area contributed by atoms with E-state index in [1.165, 1.54) is 0 Å². The van der Waals surface area contributed by atoms with Gasteiger partial charge >= 0.3 is 5.97 Å². The molecule has 0 spiro atoms. The summed E-state index contributed by atoms with van der Waals surface area (Å²) in [4.78, 5) is 25.7. The Hall–Kier alpha value is -1.62. The first-order valence-electron chi connectivity index (χ1n) is 6.28. The summed E-state index contributed by atoms with van der Waals surface area (Å²) in [6.45, 7) is 5.99. The Morgan fingerprint density at radius 2 is 2.11 bits per heavy atom. The average Bonchev–Trinajstić information content (AvgIpc) is 2.81. The molecule has 0 bridgehead atoms. The number of hydrogen-bond acceptors (Lipinski definition) is 5. The Bertz CT molecular complexity index is 423. The molecule has 19 heavy (non-hydrogen) atoms. The summed E-state index contributed by atoms with van der Waals surface area (Å²) >= 11 is 0. The molecule has 1 rings (SSSR count). The van der Waals surface area contributed by atoms with Crippen LogP contribution in [0, 0.1) is 5.41 Å². The fourth-order valence-corrected chi connectivity index (χ4v) is 1.62. The Kier molecular flexibility index (Phi) is 5.30. The number of ketones is 1. The normalized spacial score (nSPS) is 11.6. The second-order valence-corrected chi connectivity index (χ2v) is 5.07. The lowest BCUT2D eigenvalue weighted by Gasteiger charge is -2.24. The summed E-state index contributed by atoms with van der Waals surface area (Å²) in [6, 6.07) is 1.84. The predicted molar refractivity (Wildman–Crippen MR) is 70.5 cm³/mol. The van der Waals surface area contributed by atoms with Crippen molar-refractivity contribution in [2.75, 3.05) is 20.2 Å².